The standard InChI is InChI=1S/C20H25N3O4/c1-3-20(12(2)19(24)25)9-5-10-22-11-8-13-16-14(21-17(13)18(20)22)6-4-7-15(16)23(26)27/h4,6-7,12,18,21H,3,5,8-11H2,1-2H3,(H,24,25)/t12?,18-,20+/m1/s1. The maximum Gasteiger partial charge on any atom is 0.306 e. The van der Waals surface area contributed by atoms with Gasteiger partial charge in [-0.3, -0.25) is 19.8 Å². The van der Waals surface area contributed by atoms with Crippen LogP contribution in [-0.2, 0) is 11.2 Å². The molecule has 1 aromatic carbocycles. The van der Waals surface area contributed by atoms with E-state index in [0.29, 0.717) is 5.39 Å². The van der Waals surface area contributed by atoms with Crippen molar-refractivity contribution in [1.29, 1.82) is 0 Å². The zero-order valence-corrected chi connectivity index (χ0v) is 15.7. The van der Waals surface area contributed by atoms with E-state index in [1.165, 1.54) is 0 Å². The molecule has 0 aliphatic carbocycles. The molecule has 27 heavy (non-hydrogen) atoms. The third-order valence-electron chi connectivity index (χ3n) is 6.95. The molecule has 2 aromatic rings. The lowest BCUT2D eigenvalue weighted by molar-refractivity contribution is -0.383. The number of fused-ring (bicyclic) bond motifs is 5. The Bertz CT molecular complexity index is 921. The first-order chi connectivity index (χ1) is 12.9. The van der Waals surface area contributed by atoms with Crippen molar-refractivity contribution in [3.8, 4) is 0 Å². The number of non-ortho nitro benzene ring substituents is 1. The Labute approximate surface area is 157 Å². The summed E-state index contributed by atoms with van der Waals surface area (Å²) in [5.74, 6) is -1.25. The van der Waals surface area contributed by atoms with Crippen molar-refractivity contribution in [3.63, 3.8) is 0 Å². The van der Waals surface area contributed by atoms with Crippen molar-refractivity contribution in [1.82, 2.24) is 9.88 Å². The van der Waals surface area contributed by atoms with Gasteiger partial charge in [-0.2, -0.15) is 0 Å². The van der Waals surface area contributed by atoms with Crippen molar-refractivity contribution in [2.24, 2.45) is 11.3 Å². The van der Waals surface area contributed by atoms with Gasteiger partial charge in [0, 0.05) is 23.7 Å². The molecule has 0 spiro atoms. The van der Waals surface area contributed by atoms with Crippen LogP contribution in [0.15, 0.2) is 18.2 Å². The van der Waals surface area contributed by atoms with Crippen LogP contribution in [0.4, 0.5) is 5.69 Å². The summed E-state index contributed by atoms with van der Waals surface area (Å²) >= 11 is 0. The highest BCUT2D eigenvalue weighted by molar-refractivity contribution is 5.93. The summed E-state index contributed by atoms with van der Waals surface area (Å²) in [5.41, 5.74) is 2.50. The van der Waals surface area contributed by atoms with E-state index in [-0.39, 0.29) is 22.1 Å². The molecule has 0 bridgehead atoms. The average molecular weight is 371 g/mol. The molecule has 144 valence electrons. The fourth-order valence-corrected chi connectivity index (χ4v) is 5.54. The minimum Gasteiger partial charge on any atom is -0.481 e. The second kappa shape index (κ2) is 6.34. The summed E-state index contributed by atoms with van der Waals surface area (Å²) < 4.78 is 0. The molecule has 7 nitrogen and oxygen atoms in total. The number of hydrogen-bond acceptors (Lipinski definition) is 4. The topological polar surface area (TPSA) is 99.5 Å². The van der Waals surface area contributed by atoms with Crippen LogP contribution in [0.25, 0.3) is 10.9 Å². The molecule has 2 aliphatic heterocycles. The molecule has 1 aromatic heterocycles. The van der Waals surface area contributed by atoms with E-state index in [0.717, 1.165) is 55.5 Å². The Morgan fingerprint density at radius 2 is 2.26 bits per heavy atom. The number of rotatable bonds is 4. The molecule has 7 heteroatoms. The van der Waals surface area contributed by atoms with Gasteiger partial charge in [0.25, 0.3) is 5.69 Å². The van der Waals surface area contributed by atoms with Crippen LogP contribution in [0, 0.1) is 21.4 Å². The number of nitro groups is 1. The number of carboxylic acids is 1. The Hall–Kier alpha value is -2.41. The van der Waals surface area contributed by atoms with Crippen molar-refractivity contribution in [3.05, 3.63) is 39.6 Å². The normalized spacial score (nSPS) is 26.4. The third kappa shape index (κ3) is 2.48. The van der Waals surface area contributed by atoms with Crippen LogP contribution >= 0.6 is 0 Å². The highest BCUT2D eigenvalue weighted by Crippen LogP contribution is 2.55. The van der Waals surface area contributed by atoms with Crippen molar-refractivity contribution >= 4 is 22.6 Å². The lowest BCUT2D eigenvalue weighted by atomic mass is 9.61. The fraction of sp³-hybridized carbons (Fsp3) is 0.550. The Morgan fingerprint density at radius 3 is 2.93 bits per heavy atom. The molecule has 3 heterocycles. The average Bonchev–Trinajstić information content (AvgIpc) is 3.05. The molecule has 2 N–H and O–H groups in total. The molecule has 1 unspecified atom stereocenters. The first-order valence-corrected chi connectivity index (χ1v) is 9.65. The van der Waals surface area contributed by atoms with Crippen LogP contribution in [0.5, 0.6) is 0 Å². The molecule has 2 aliphatic rings. The highest BCUT2D eigenvalue weighted by Gasteiger charge is 2.52. The monoisotopic (exact) mass is 371 g/mol. The number of carbonyl (C=O) groups is 1. The molecule has 4 rings (SSSR count). The number of piperidine rings is 1. The summed E-state index contributed by atoms with van der Waals surface area (Å²) in [6.45, 7) is 5.64. The Kier molecular flexibility index (Phi) is 4.22. The van der Waals surface area contributed by atoms with E-state index >= 15 is 0 Å². The van der Waals surface area contributed by atoms with Crippen molar-refractivity contribution in [2.45, 2.75) is 45.6 Å². The minimum atomic E-state index is -0.770. The Balaban J connectivity index is 1.95. The predicted octanol–water partition coefficient (Wildman–Crippen LogP) is 3.89. The van der Waals surface area contributed by atoms with E-state index in [1.807, 2.05) is 13.0 Å². The number of hydrogen-bond donors (Lipinski definition) is 2. The van der Waals surface area contributed by atoms with E-state index in [1.54, 1.807) is 12.1 Å². The first kappa shape index (κ1) is 18.0. The summed E-state index contributed by atoms with van der Waals surface area (Å²) in [5, 5.41) is 22.1. The van der Waals surface area contributed by atoms with Crippen LogP contribution in [-0.4, -0.2) is 39.0 Å². The number of nitro benzene ring substituents is 1. The van der Waals surface area contributed by atoms with E-state index in [2.05, 4.69) is 16.8 Å². The molecule has 0 amide bonds. The van der Waals surface area contributed by atoms with Gasteiger partial charge < -0.3 is 10.1 Å². The first-order valence-electron chi connectivity index (χ1n) is 9.65. The maximum atomic E-state index is 11.9. The summed E-state index contributed by atoms with van der Waals surface area (Å²) in [4.78, 5) is 29.0. The van der Waals surface area contributed by atoms with E-state index in [4.69, 9.17) is 0 Å². The van der Waals surface area contributed by atoms with Crippen LogP contribution < -0.4 is 0 Å². The van der Waals surface area contributed by atoms with Gasteiger partial charge >= 0.3 is 5.97 Å². The number of nitrogens with zero attached hydrogens (tertiary/aromatic N) is 2. The second-order valence-electron chi connectivity index (χ2n) is 7.91. The van der Waals surface area contributed by atoms with Gasteiger partial charge in [0.1, 0.15) is 0 Å². The number of aliphatic carboxylic acids is 1. The molecular formula is C20H25N3O4. The predicted molar refractivity (Wildman–Crippen MR) is 102 cm³/mol. The zero-order valence-electron chi connectivity index (χ0n) is 15.7. The van der Waals surface area contributed by atoms with Gasteiger partial charge in [-0.1, -0.05) is 19.9 Å². The number of H-pyrrole nitrogens is 1. The van der Waals surface area contributed by atoms with E-state index in [9.17, 15) is 20.0 Å². The largest absolute Gasteiger partial charge is 0.481 e. The van der Waals surface area contributed by atoms with Crippen LogP contribution in [0.3, 0.4) is 0 Å². The van der Waals surface area contributed by atoms with Gasteiger partial charge in [-0.25, -0.2) is 0 Å². The zero-order chi connectivity index (χ0) is 19.3. The highest BCUT2D eigenvalue weighted by atomic mass is 16.6. The lowest BCUT2D eigenvalue weighted by Gasteiger charge is -2.53. The number of nitrogens with one attached hydrogen (secondary N) is 1. The van der Waals surface area contributed by atoms with Crippen molar-refractivity contribution in [2.75, 3.05) is 13.1 Å². The quantitative estimate of drug-likeness (QED) is 0.627. The van der Waals surface area contributed by atoms with Crippen molar-refractivity contribution < 1.29 is 14.8 Å². The summed E-state index contributed by atoms with van der Waals surface area (Å²) in [6.07, 6.45) is 3.35. The second-order valence-corrected chi connectivity index (χ2v) is 7.91. The molecule has 0 radical (unpaired) electrons. The van der Waals surface area contributed by atoms with Gasteiger partial charge in [-0.15, -0.1) is 0 Å². The van der Waals surface area contributed by atoms with Gasteiger partial charge in [0.05, 0.1) is 27.8 Å². The minimum absolute atomic E-state index is 0.0434. The number of aromatic nitrogens is 1. The van der Waals surface area contributed by atoms with Crippen LogP contribution in [0.2, 0.25) is 0 Å². The third-order valence-corrected chi connectivity index (χ3v) is 6.95. The Morgan fingerprint density at radius 1 is 1.48 bits per heavy atom. The molecular weight excluding hydrogens is 346 g/mol. The summed E-state index contributed by atoms with van der Waals surface area (Å²) in [7, 11) is 0. The lowest BCUT2D eigenvalue weighted by Crippen LogP contribution is -2.53. The van der Waals surface area contributed by atoms with Crippen LogP contribution in [0.1, 0.15) is 50.4 Å². The van der Waals surface area contributed by atoms with Gasteiger partial charge in [0.15, 0.2) is 0 Å². The molecule has 0 saturated carbocycles. The van der Waals surface area contributed by atoms with E-state index < -0.39 is 11.9 Å². The molecule has 1 saturated heterocycles. The number of benzene rings is 1. The van der Waals surface area contributed by atoms with Gasteiger partial charge in [0.2, 0.25) is 0 Å². The maximum absolute atomic E-state index is 11.9. The molecule has 3 atom stereocenters. The number of aromatic amines is 1. The SMILES string of the molecule is CC[C@@]1(C(C)C(=O)O)CCCN2CCc3c([nH]c4cccc([N+](=O)[O-])c34)[C@@H]21. The van der Waals surface area contributed by atoms with Gasteiger partial charge in [-0.05, 0) is 43.9 Å². The molecule has 1 fully saturated rings. The number of carboxylic acid groups (broad SMARTS) is 1. The smallest absolute Gasteiger partial charge is 0.306 e. The summed E-state index contributed by atoms with van der Waals surface area (Å²) in [6, 6.07) is 5.09. The fourth-order valence-electron chi connectivity index (χ4n) is 5.54.